The van der Waals surface area contributed by atoms with E-state index in [9.17, 15) is 4.79 Å². The van der Waals surface area contributed by atoms with Gasteiger partial charge in [0, 0.05) is 23.1 Å². The minimum atomic E-state index is -0.293. The van der Waals surface area contributed by atoms with Crippen LogP contribution < -0.4 is 16.6 Å². The van der Waals surface area contributed by atoms with Crippen molar-refractivity contribution in [1.82, 2.24) is 4.98 Å². The molecule has 18 heavy (non-hydrogen) atoms. The zero-order valence-corrected chi connectivity index (χ0v) is 10.1. The Morgan fingerprint density at radius 2 is 1.94 bits per heavy atom. The molecule has 0 bridgehead atoms. The topological polar surface area (TPSA) is 80.0 Å². The number of pyridine rings is 1. The number of halogens is 1. The monoisotopic (exact) mass is 262 g/mol. The van der Waals surface area contributed by atoms with E-state index in [0.29, 0.717) is 22.0 Å². The smallest absolute Gasteiger partial charge is 0.259 e. The molecule has 1 amide bonds. The molecule has 1 aromatic heterocycles. The number of rotatable bonds is 3. The SMILES string of the molecule is NNc1ccncc1C(=O)Nc1ccc(Cl)cc1. The lowest BCUT2D eigenvalue weighted by Gasteiger charge is -2.08. The maximum atomic E-state index is 12.0. The van der Waals surface area contributed by atoms with Crippen LogP contribution in [0, 0.1) is 0 Å². The lowest BCUT2D eigenvalue weighted by Crippen LogP contribution is -2.17. The molecule has 92 valence electrons. The van der Waals surface area contributed by atoms with Gasteiger partial charge in [-0.3, -0.25) is 15.6 Å². The molecule has 1 heterocycles. The van der Waals surface area contributed by atoms with Crippen molar-refractivity contribution < 1.29 is 4.79 Å². The zero-order chi connectivity index (χ0) is 13.0. The summed E-state index contributed by atoms with van der Waals surface area (Å²) in [6.07, 6.45) is 2.99. The highest BCUT2D eigenvalue weighted by Gasteiger charge is 2.10. The molecular formula is C12H11ClN4O. The van der Waals surface area contributed by atoms with Crippen molar-refractivity contribution in [3.05, 3.63) is 53.3 Å². The van der Waals surface area contributed by atoms with E-state index in [1.54, 1.807) is 36.5 Å². The Morgan fingerprint density at radius 3 is 2.61 bits per heavy atom. The van der Waals surface area contributed by atoms with Gasteiger partial charge < -0.3 is 10.7 Å². The van der Waals surface area contributed by atoms with Crippen molar-refractivity contribution in [3.63, 3.8) is 0 Å². The number of nitrogens with two attached hydrogens (primary N) is 1. The minimum Gasteiger partial charge on any atom is -0.323 e. The fourth-order valence-corrected chi connectivity index (χ4v) is 1.56. The summed E-state index contributed by atoms with van der Waals surface area (Å²) in [5.74, 6) is 5.03. The third-order valence-corrected chi connectivity index (χ3v) is 2.58. The van der Waals surface area contributed by atoms with E-state index in [2.05, 4.69) is 15.7 Å². The lowest BCUT2D eigenvalue weighted by atomic mass is 10.2. The first-order valence-electron chi connectivity index (χ1n) is 5.18. The minimum absolute atomic E-state index is 0.293. The molecule has 1 aromatic carbocycles. The summed E-state index contributed by atoms with van der Waals surface area (Å²) in [7, 11) is 0. The number of aromatic nitrogens is 1. The number of anilines is 2. The molecule has 0 saturated heterocycles. The molecule has 0 atom stereocenters. The van der Waals surface area contributed by atoms with E-state index in [-0.39, 0.29) is 5.91 Å². The Hall–Kier alpha value is -2.11. The predicted octanol–water partition coefficient (Wildman–Crippen LogP) is 2.27. The summed E-state index contributed by atoms with van der Waals surface area (Å²) >= 11 is 5.76. The number of benzene rings is 1. The fraction of sp³-hybridized carbons (Fsp3) is 0. The van der Waals surface area contributed by atoms with E-state index in [4.69, 9.17) is 17.4 Å². The molecular weight excluding hydrogens is 252 g/mol. The van der Waals surface area contributed by atoms with Gasteiger partial charge in [0.05, 0.1) is 11.3 Å². The highest BCUT2D eigenvalue weighted by molar-refractivity contribution is 6.30. The van der Waals surface area contributed by atoms with Gasteiger partial charge in [-0.05, 0) is 30.3 Å². The van der Waals surface area contributed by atoms with Gasteiger partial charge in [-0.15, -0.1) is 0 Å². The van der Waals surface area contributed by atoms with Crippen LogP contribution in [0.2, 0.25) is 5.02 Å². The first-order valence-corrected chi connectivity index (χ1v) is 5.56. The van der Waals surface area contributed by atoms with Crippen molar-refractivity contribution in [2.75, 3.05) is 10.7 Å². The van der Waals surface area contributed by atoms with Crippen molar-refractivity contribution >= 4 is 28.9 Å². The standard InChI is InChI=1S/C12H11ClN4O/c13-8-1-3-9(4-2-8)16-12(18)10-7-15-6-5-11(10)17-14/h1-7H,14H2,(H,15,17)(H,16,18). The summed E-state index contributed by atoms with van der Waals surface area (Å²) < 4.78 is 0. The van der Waals surface area contributed by atoms with Gasteiger partial charge in [0.1, 0.15) is 0 Å². The number of nitrogens with zero attached hydrogens (tertiary/aromatic N) is 1. The molecule has 0 saturated carbocycles. The average Bonchev–Trinajstić information content (AvgIpc) is 2.41. The molecule has 4 N–H and O–H groups in total. The Kier molecular flexibility index (Phi) is 3.76. The second-order valence-electron chi connectivity index (χ2n) is 3.53. The second-order valence-corrected chi connectivity index (χ2v) is 3.96. The first-order chi connectivity index (χ1) is 8.70. The second kappa shape index (κ2) is 5.48. The number of hydrazine groups is 1. The van der Waals surface area contributed by atoms with Gasteiger partial charge in [0.25, 0.3) is 5.91 Å². The van der Waals surface area contributed by atoms with Crippen LogP contribution >= 0.6 is 11.6 Å². The van der Waals surface area contributed by atoms with Crippen LogP contribution in [0.5, 0.6) is 0 Å². The van der Waals surface area contributed by atoms with Gasteiger partial charge >= 0.3 is 0 Å². The van der Waals surface area contributed by atoms with E-state index < -0.39 is 0 Å². The van der Waals surface area contributed by atoms with Crippen LogP contribution in [0.15, 0.2) is 42.7 Å². The maximum absolute atomic E-state index is 12.0. The highest BCUT2D eigenvalue weighted by Crippen LogP contribution is 2.17. The summed E-state index contributed by atoms with van der Waals surface area (Å²) in [5, 5.41) is 3.34. The third kappa shape index (κ3) is 2.77. The largest absolute Gasteiger partial charge is 0.323 e. The van der Waals surface area contributed by atoms with Crippen LogP contribution in [-0.2, 0) is 0 Å². The predicted molar refractivity (Wildman–Crippen MR) is 71.5 cm³/mol. The molecule has 2 rings (SSSR count). The molecule has 2 aromatic rings. The Bertz CT molecular complexity index is 556. The van der Waals surface area contributed by atoms with E-state index in [0.717, 1.165) is 0 Å². The Labute approximate surface area is 109 Å². The number of nitrogens with one attached hydrogen (secondary N) is 2. The van der Waals surface area contributed by atoms with Crippen LogP contribution in [0.1, 0.15) is 10.4 Å². The van der Waals surface area contributed by atoms with Gasteiger partial charge in [-0.25, -0.2) is 0 Å². The fourth-order valence-electron chi connectivity index (χ4n) is 1.43. The summed E-state index contributed by atoms with van der Waals surface area (Å²) in [6, 6.07) is 8.44. The molecule has 0 fully saturated rings. The highest BCUT2D eigenvalue weighted by atomic mass is 35.5. The van der Waals surface area contributed by atoms with Gasteiger partial charge in [-0.2, -0.15) is 0 Å². The number of hydrogen-bond donors (Lipinski definition) is 3. The van der Waals surface area contributed by atoms with Crippen molar-refractivity contribution in [1.29, 1.82) is 0 Å². The molecule has 0 aliphatic rings. The number of nitrogen functional groups attached to an aromatic ring is 1. The summed E-state index contributed by atoms with van der Waals surface area (Å²) in [6.45, 7) is 0. The summed E-state index contributed by atoms with van der Waals surface area (Å²) in [5.41, 5.74) is 3.98. The first kappa shape index (κ1) is 12.3. The van der Waals surface area contributed by atoms with E-state index in [1.165, 1.54) is 6.20 Å². The zero-order valence-electron chi connectivity index (χ0n) is 9.35. The average molecular weight is 263 g/mol. The van der Waals surface area contributed by atoms with E-state index in [1.807, 2.05) is 0 Å². The number of hydrogen-bond acceptors (Lipinski definition) is 4. The van der Waals surface area contributed by atoms with Crippen LogP contribution in [0.3, 0.4) is 0 Å². The number of carbonyl (C=O) groups excluding carboxylic acids is 1. The summed E-state index contributed by atoms with van der Waals surface area (Å²) in [4.78, 5) is 15.9. The van der Waals surface area contributed by atoms with Gasteiger partial charge in [0.15, 0.2) is 0 Å². The van der Waals surface area contributed by atoms with Crippen LogP contribution in [-0.4, -0.2) is 10.9 Å². The molecule has 5 nitrogen and oxygen atoms in total. The van der Waals surface area contributed by atoms with Crippen molar-refractivity contribution in [2.45, 2.75) is 0 Å². The van der Waals surface area contributed by atoms with E-state index >= 15 is 0 Å². The van der Waals surface area contributed by atoms with Crippen molar-refractivity contribution in [2.24, 2.45) is 5.84 Å². The molecule has 0 spiro atoms. The Balaban J connectivity index is 2.19. The quantitative estimate of drug-likeness (QED) is 0.586. The van der Waals surface area contributed by atoms with Gasteiger partial charge in [0.2, 0.25) is 0 Å². The third-order valence-electron chi connectivity index (χ3n) is 2.32. The number of carbonyl (C=O) groups is 1. The molecule has 0 aliphatic heterocycles. The van der Waals surface area contributed by atoms with Crippen molar-refractivity contribution in [3.8, 4) is 0 Å². The molecule has 6 heteroatoms. The maximum Gasteiger partial charge on any atom is 0.259 e. The molecule has 0 unspecified atom stereocenters. The number of amides is 1. The van der Waals surface area contributed by atoms with Gasteiger partial charge in [-0.1, -0.05) is 11.6 Å². The lowest BCUT2D eigenvalue weighted by molar-refractivity contribution is 0.102. The van der Waals surface area contributed by atoms with Crippen LogP contribution in [0.25, 0.3) is 0 Å². The normalized spacial score (nSPS) is 9.89. The Morgan fingerprint density at radius 1 is 1.22 bits per heavy atom. The molecule has 0 radical (unpaired) electrons. The van der Waals surface area contributed by atoms with Crippen LogP contribution in [0.4, 0.5) is 11.4 Å². The molecule has 0 aliphatic carbocycles.